The van der Waals surface area contributed by atoms with E-state index in [0.717, 1.165) is 10.4 Å². The number of H-pyrrole nitrogens is 1. The summed E-state index contributed by atoms with van der Waals surface area (Å²) in [6.07, 6.45) is 0.479. The molecule has 0 fully saturated rings. The van der Waals surface area contributed by atoms with Crippen LogP contribution in [-0.2, 0) is 6.42 Å². The van der Waals surface area contributed by atoms with Gasteiger partial charge in [-0.25, -0.2) is 4.98 Å². The van der Waals surface area contributed by atoms with Gasteiger partial charge in [0.25, 0.3) is 11.5 Å². The number of benzene rings is 2. The monoisotopic (exact) mass is 467 g/mol. The Morgan fingerprint density at radius 2 is 1.76 bits per heavy atom. The fourth-order valence-electron chi connectivity index (χ4n) is 3.66. The Labute approximate surface area is 199 Å². The quantitative estimate of drug-likeness (QED) is 0.374. The predicted molar refractivity (Wildman–Crippen MR) is 134 cm³/mol. The van der Waals surface area contributed by atoms with Gasteiger partial charge in [0.1, 0.15) is 11.5 Å². The fraction of sp³-hybridized carbons (Fsp3) is 0.0769. The summed E-state index contributed by atoms with van der Waals surface area (Å²) >= 11 is 1.54. The van der Waals surface area contributed by atoms with Crippen molar-refractivity contribution in [3.05, 3.63) is 117 Å². The number of amides is 1. The lowest BCUT2D eigenvalue weighted by Crippen LogP contribution is -2.22. The smallest absolute Gasteiger partial charge is 0.256 e. The molecule has 0 radical (unpaired) electrons. The van der Waals surface area contributed by atoms with Crippen LogP contribution in [0.3, 0.4) is 0 Å². The molecule has 0 aliphatic heterocycles. The largest absolute Gasteiger partial charge is 0.306 e. The molecule has 7 nitrogen and oxygen atoms in total. The van der Waals surface area contributed by atoms with Crippen molar-refractivity contribution in [1.29, 1.82) is 0 Å². The van der Waals surface area contributed by atoms with Crippen LogP contribution < -0.4 is 10.9 Å². The van der Waals surface area contributed by atoms with Gasteiger partial charge < -0.3 is 5.32 Å². The van der Waals surface area contributed by atoms with Crippen molar-refractivity contribution in [3.8, 4) is 16.5 Å². The van der Waals surface area contributed by atoms with Crippen molar-refractivity contribution in [2.24, 2.45) is 0 Å². The normalized spacial score (nSPS) is 10.9. The van der Waals surface area contributed by atoms with Gasteiger partial charge in [0.15, 0.2) is 0 Å². The minimum Gasteiger partial charge on any atom is -0.306 e. The Kier molecular flexibility index (Phi) is 5.88. The molecule has 0 saturated heterocycles. The molecule has 5 rings (SSSR count). The van der Waals surface area contributed by atoms with Gasteiger partial charge in [-0.3, -0.25) is 14.6 Å². The van der Waals surface area contributed by atoms with Gasteiger partial charge in [0, 0.05) is 23.6 Å². The van der Waals surface area contributed by atoms with E-state index in [2.05, 4.69) is 20.4 Å². The Bertz CT molecular complexity index is 1490. The molecule has 0 aliphatic carbocycles. The molecule has 0 unspecified atom stereocenters. The van der Waals surface area contributed by atoms with Gasteiger partial charge in [-0.05, 0) is 36.1 Å². The molecule has 0 spiro atoms. The summed E-state index contributed by atoms with van der Waals surface area (Å²) in [7, 11) is 0. The van der Waals surface area contributed by atoms with Crippen LogP contribution in [0.5, 0.6) is 0 Å². The number of hydrogen-bond acceptors (Lipinski definition) is 5. The molecule has 168 valence electrons. The first kappa shape index (κ1) is 21.5. The first-order valence-corrected chi connectivity index (χ1v) is 11.6. The molecular formula is C26H21N5O2S. The third-order valence-corrected chi connectivity index (χ3v) is 6.29. The lowest BCUT2D eigenvalue weighted by Gasteiger charge is -2.10. The molecule has 3 heterocycles. The van der Waals surface area contributed by atoms with Crippen LogP contribution in [0.1, 0.15) is 27.2 Å². The molecule has 2 N–H and O–H groups in total. The molecule has 0 bridgehead atoms. The number of carbonyl (C=O) groups excluding carboxylic acids is 1. The molecule has 8 heteroatoms. The fourth-order valence-corrected chi connectivity index (χ4v) is 4.34. The van der Waals surface area contributed by atoms with E-state index in [9.17, 15) is 9.59 Å². The van der Waals surface area contributed by atoms with E-state index in [1.165, 1.54) is 16.0 Å². The van der Waals surface area contributed by atoms with Gasteiger partial charge in [-0.1, -0.05) is 54.6 Å². The van der Waals surface area contributed by atoms with Crippen LogP contribution in [0, 0.1) is 6.92 Å². The highest BCUT2D eigenvalue weighted by Gasteiger charge is 2.18. The van der Waals surface area contributed by atoms with Crippen LogP contribution >= 0.6 is 11.3 Å². The van der Waals surface area contributed by atoms with Crippen LogP contribution in [0.2, 0.25) is 0 Å². The minimum atomic E-state index is -0.278. The van der Waals surface area contributed by atoms with Gasteiger partial charge in [0.05, 0.1) is 10.6 Å². The zero-order chi connectivity index (χ0) is 23.5. The Morgan fingerprint density at radius 3 is 2.44 bits per heavy atom. The van der Waals surface area contributed by atoms with Gasteiger partial charge in [-0.15, -0.1) is 11.3 Å². The second kappa shape index (κ2) is 9.29. The van der Waals surface area contributed by atoms with Crippen molar-refractivity contribution in [2.75, 3.05) is 5.32 Å². The summed E-state index contributed by atoms with van der Waals surface area (Å²) in [5.41, 5.74) is 3.18. The molecule has 1 amide bonds. The first-order chi connectivity index (χ1) is 16.6. The Hall–Kier alpha value is -4.30. The summed E-state index contributed by atoms with van der Waals surface area (Å²) in [4.78, 5) is 34.3. The van der Waals surface area contributed by atoms with E-state index < -0.39 is 0 Å². The summed E-state index contributed by atoms with van der Waals surface area (Å²) in [6.45, 7) is 1.81. The molecule has 0 atom stereocenters. The molecule has 3 aromatic heterocycles. The first-order valence-electron chi connectivity index (χ1n) is 10.7. The van der Waals surface area contributed by atoms with Crippen LogP contribution in [0.4, 0.5) is 5.82 Å². The highest BCUT2D eigenvalue weighted by atomic mass is 32.1. The molecule has 0 aliphatic rings. The summed E-state index contributed by atoms with van der Waals surface area (Å²) in [5, 5.41) is 9.51. The third-order valence-electron chi connectivity index (χ3n) is 5.39. The number of aromatic nitrogens is 4. The van der Waals surface area contributed by atoms with E-state index in [0.29, 0.717) is 34.8 Å². The van der Waals surface area contributed by atoms with E-state index in [-0.39, 0.29) is 17.4 Å². The van der Waals surface area contributed by atoms with Crippen LogP contribution in [-0.4, -0.2) is 25.7 Å². The van der Waals surface area contributed by atoms with E-state index in [4.69, 9.17) is 0 Å². The molecule has 2 aromatic carbocycles. The second-order valence-electron chi connectivity index (χ2n) is 7.74. The highest BCUT2D eigenvalue weighted by Crippen LogP contribution is 2.27. The molecule has 0 saturated carbocycles. The van der Waals surface area contributed by atoms with Crippen molar-refractivity contribution < 1.29 is 4.79 Å². The summed E-state index contributed by atoms with van der Waals surface area (Å²) in [6, 6.07) is 24.4. The highest BCUT2D eigenvalue weighted by molar-refractivity contribution is 7.13. The average Bonchev–Trinajstić information content (AvgIpc) is 3.53. The number of nitrogens with zero attached hydrogens (tertiary/aromatic N) is 3. The van der Waals surface area contributed by atoms with Crippen LogP contribution in [0.15, 0.2) is 89.0 Å². The van der Waals surface area contributed by atoms with Crippen LogP contribution in [0.25, 0.3) is 16.5 Å². The topological polar surface area (TPSA) is 92.7 Å². The number of aromatic amines is 1. The maximum atomic E-state index is 13.0. The number of aryl methyl sites for hydroxylation is 1. The maximum absolute atomic E-state index is 13.0. The van der Waals surface area contributed by atoms with Crippen molar-refractivity contribution in [3.63, 3.8) is 0 Å². The predicted octanol–water partition coefficient (Wildman–Crippen LogP) is 4.84. The summed E-state index contributed by atoms with van der Waals surface area (Å²) in [5.74, 6) is 0.375. The zero-order valence-corrected chi connectivity index (χ0v) is 19.2. The lowest BCUT2D eigenvalue weighted by atomic mass is 10.1. The van der Waals surface area contributed by atoms with Gasteiger partial charge in [-0.2, -0.15) is 9.78 Å². The second-order valence-corrected chi connectivity index (χ2v) is 8.69. The van der Waals surface area contributed by atoms with Crippen molar-refractivity contribution in [1.82, 2.24) is 19.7 Å². The number of nitrogens with one attached hydrogen (secondary N) is 2. The molecular weight excluding hydrogens is 446 g/mol. The average molecular weight is 468 g/mol. The van der Waals surface area contributed by atoms with E-state index >= 15 is 0 Å². The van der Waals surface area contributed by atoms with Gasteiger partial charge >= 0.3 is 0 Å². The third kappa shape index (κ3) is 4.44. The van der Waals surface area contributed by atoms with E-state index in [1.807, 2.05) is 60.8 Å². The Morgan fingerprint density at radius 1 is 1.03 bits per heavy atom. The zero-order valence-electron chi connectivity index (χ0n) is 18.4. The molecule has 5 aromatic rings. The standard InChI is InChI=1S/C26H21N5O2S/c1-17-20(15-18-9-4-2-5-10-18)25(33)29-26(27-17)31-23(16-21(30-31)22-13-8-14-34-22)28-24(32)19-11-6-3-7-12-19/h2-14,16H,15H2,1H3,(H,28,32)(H,27,29,33). The number of thiophene rings is 1. The SMILES string of the molecule is Cc1nc(-n2nc(-c3cccs3)cc2NC(=O)c2ccccc2)[nH]c(=O)c1Cc1ccccc1. The number of carbonyl (C=O) groups is 1. The number of anilines is 1. The van der Waals surface area contributed by atoms with Gasteiger partial charge in [0.2, 0.25) is 5.95 Å². The number of hydrogen-bond donors (Lipinski definition) is 2. The molecule has 34 heavy (non-hydrogen) atoms. The lowest BCUT2D eigenvalue weighted by molar-refractivity contribution is 0.102. The maximum Gasteiger partial charge on any atom is 0.256 e. The number of rotatable bonds is 6. The van der Waals surface area contributed by atoms with E-state index in [1.54, 1.807) is 30.3 Å². The summed E-state index contributed by atoms with van der Waals surface area (Å²) < 4.78 is 1.47. The minimum absolute atomic E-state index is 0.236. The van der Waals surface area contributed by atoms with Crippen molar-refractivity contribution >= 4 is 23.1 Å². The Balaban J connectivity index is 1.54. The van der Waals surface area contributed by atoms with Crippen molar-refractivity contribution in [2.45, 2.75) is 13.3 Å².